The topological polar surface area (TPSA) is 80.9 Å². The van der Waals surface area contributed by atoms with Gasteiger partial charge >= 0.3 is 0 Å². The van der Waals surface area contributed by atoms with E-state index >= 15 is 0 Å². The number of nitrogens with one attached hydrogen (secondary N) is 1. The molecule has 0 saturated heterocycles. The van der Waals surface area contributed by atoms with E-state index < -0.39 is 5.91 Å². The molecule has 1 rings (SSSR count). The molecule has 0 saturated carbocycles. The van der Waals surface area contributed by atoms with Crippen molar-refractivity contribution in [3.63, 3.8) is 0 Å². The average molecular weight is 243 g/mol. The molecular weight excluding hydrogens is 228 g/mol. The Hall–Kier alpha value is -1.36. The molecule has 1 heterocycles. The highest BCUT2D eigenvalue weighted by Gasteiger charge is 2.15. The molecule has 0 radical (unpaired) electrons. The Labute approximate surface area is 99.4 Å². The van der Waals surface area contributed by atoms with E-state index in [0.717, 1.165) is 0 Å². The number of anilines is 1. The fourth-order valence-corrected chi connectivity index (χ4v) is 1.17. The summed E-state index contributed by atoms with van der Waals surface area (Å²) in [5.41, 5.74) is 5.46. The highest BCUT2D eigenvalue weighted by atomic mass is 35.5. The van der Waals surface area contributed by atoms with E-state index in [1.165, 1.54) is 6.20 Å². The van der Waals surface area contributed by atoms with Crippen LogP contribution in [0.4, 0.5) is 5.82 Å². The zero-order valence-electron chi connectivity index (χ0n) is 9.49. The van der Waals surface area contributed by atoms with Gasteiger partial charge in [0.25, 0.3) is 5.91 Å². The minimum Gasteiger partial charge on any atom is -0.367 e. The average Bonchev–Trinajstić information content (AvgIpc) is 2.16. The van der Waals surface area contributed by atoms with E-state index in [1.54, 1.807) is 0 Å². The minimum atomic E-state index is -0.574. The lowest BCUT2D eigenvalue weighted by molar-refractivity contribution is 0.100. The largest absolute Gasteiger partial charge is 0.367 e. The first-order chi connectivity index (χ1) is 7.41. The van der Waals surface area contributed by atoms with Crippen molar-refractivity contribution in [2.24, 2.45) is 11.7 Å². The van der Waals surface area contributed by atoms with Crippen LogP contribution in [0.2, 0.25) is 5.28 Å². The summed E-state index contributed by atoms with van der Waals surface area (Å²) in [5.74, 6) is 0.207. The molecule has 1 amide bonds. The van der Waals surface area contributed by atoms with E-state index in [9.17, 15) is 4.79 Å². The second kappa shape index (κ2) is 5.12. The van der Waals surface area contributed by atoms with Crippen LogP contribution in [-0.2, 0) is 0 Å². The first-order valence-electron chi connectivity index (χ1n) is 5.00. The van der Waals surface area contributed by atoms with Gasteiger partial charge in [-0.15, -0.1) is 0 Å². The van der Waals surface area contributed by atoms with Crippen molar-refractivity contribution in [3.05, 3.63) is 17.0 Å². The fraction of sp³-hybridized carbons (Fsp3) is 0.500. The zero-order chi connectivity index (χ0) is 12.3. The third kappa shape index (κ3) is 3.06. The summed E-state index contributed by atoms with van der Waals surface area (Å²) in [6.45, 7) is 6.11. The smallest absolute Gasteiger partial charge is 0.254 e. The van der Waals surface area contributed by atoms with Crippen molar-refractivity contribution < 1.29 is 4.79 Å². The summed E-state index contributed by atoms with van der Waals surface area (Å²) >= 11 is 5.67. The first-order valence-corrected chi connectivity index (χ1v) is 5.38. The molecule has 0 unspecified atom stereocenters. The molecule has 0 bridgehead atoms. The normalized spacial score (nSPS) is 12.6. The molecule has 1 aromatic heterocycles. The fourth-order valence-electron chi connectivity index (χ4n) is 1.03. The van der Waals surface area contributed by atoms with Crippen molar-refractivity contribution in [1.29, 1.82) is 0 Å². The quantitative estimate of drug-likeness (QED) is 0.788. The first kappa shape index (κ1) is 12.7. The minimum absolute atomic E-state index is 0.0865. The van der Waals surface area contributed by atoms with Crippen LogP contribution in [0.3, 0.4) is 0 Å². The van der Waals surface area contributed by atoms with Crippen LogP contribution >= 0.6 is 11.6 Å². The predicted octanol–water partition coefficient (Wildman–Crippen LogP) is 1.69. The van der Waals surface area contributed by atoms with Gasteiger partial charge < -0.3 is 11.1 Å². The van der Waals surface area contributed by atoms with Crippen molar-refractivity contribution in [2.45, 2.75) is 26.8 Å². The van der Waals surface area contributed by atoms with E-state index in [2.05, 4.69) is 29.1 Å². The number of nitrogens with two attached hydrogens (primary N) is 1. The summed E-state index contributed by atoms with van der Waals surface area (Å²) in [6, 6.07) is 0.157. The maximum absolute atomic E-state index is 11.1. The predicted molar refractivity (Wildman–Crippen MR) is 63.5 cm³/mol. The van der Waals surface area contributed by atoms with E-state index in [4.69, 9.17) is 17.3 Å². The Kier molecular flexibility index (Phi) is 4.06. The van der Waals surface area contributed by atoms with Crippen molar-refractivity contribution >= 4 is 23.3 Å². The lowest BCUT2D eigenvalue weighted by Gasteiger charge is -2.19. The summed E-state index contributed by atoms with van der Waals surface area (Å²) in [5, 5.41) is 3.18. The Morgan fingerprint density at radius 3 is 2.62 bits per heavy atom. The van der Waals surface area contributed by atoms with Gasteiger partial charge in [0, 0.05) is 12.2 Å². The maximum Gasteiger partial charge on any atom is 0.254 e. The van der Waals surface area contributed by atoms with Gasteiger partial charge in [-0.2, -0.15) is 4.98 Å². The number of nitrogens with zero attached hydrogens (tertiary/aromatic N) is 2. The maximum atomic E-state index is 11.1. The van der Waals surface area contributed by atoms with Gasteiger partial charge in [0.05, 0.1) is 5.56 Å². The number of primary amides is 1. The number of hydrogen-bond acceptors (Lipinski definition) is 4. The molecule has 88 valence electrons. The van der Waals surface area contributed by atoms with Crippen molar-refractivity contribution in [1.82, 2.24) is 9.97 Å². The molecule has 1 aromatic rings. The molecular formula is C10H15ClN4O. The number of amides is 1. The molecule has 0 aliphatic rings. The summed E-state index contributed by atoms with van der Waals surface area (Å²) in [6.07, 6.45) is 1.33. The van der Waals surface area contributed by atoms with E-state index in [0.29, 0.717) is 11.7 Å². The van der Waals surface area contributed by atoms with Crippen molar-refractivity contribution in [2.75, 3.05) is 5.32 Å². The summed E-state index contributed by atoms with van der Waals surface area (Å²) < 4.78 is 0. The standard InChI is InChI=1S/C10H15ClN4O/c1-5(2)6(3)14-9-7(8(12)16)4-13-10(11)15-9/h4-6H,1-3H3,(H2,12,16)(H,13,14,15)/t6-/m0/s1. The van der Waals surface area contributed by atoms with Gasteiger partial charge in [0.2, 0.25) is 5.28 Å². The number of carbonyl (C=O) groups is 1. The molecule has 0 aromatic carbocycles. The molecule has 0 aliphatic carbocycles. The lowest BCUT2D eigenvalue weighted by atomic mass is 10.1. The molecule has 0 spiro atoms. The SMILES string of the molecule is CC(C)[C@H](C)Nc1nc(Cl)ncc1C(N)=O. The van der Waals surface area contributed by atoms with Crippen LogP contribution in [0.5, 0.6) is 0 Å². The Balaban J connectivity index is 3.01. The zero-order valence-corrected chi connectivity index (χ0v) is 10.2. The third-order valence-corrected chi connectivity index (χ3v) is 2.57. The van der Waals surface area contributed by atoms with E-state index in [-0.39, 0.29) is 16.9 Å². The number of carbonyl (C=O) groups excluding carboxylic acids is 1. The van der Waals surface area contributed by atoms with Crippen LogP contribution in [0.25, 0.3) is 0 Å². The number of halogens is 1. The Morgan fingerprint density at radius 1 is 1.50 bits per heavy atom. The van der Waals surface area contributed by atoms with Gasteiger partial charge in [-0.1, -0.05) is 13.8 Å². The van der Waals surface area contributed by atoms with Gasteiger partial charge in [-0.25, -0.2) is 4.98 Å². The number of aromatic nitrogens is 2. The number of rotatable bonds is 4. The Bertz CT molecular complexity index is 394. The van der Waals surface area contributed by atoms with Crippen LogP contribution in [0, 0.1) is 5.92 Å². The van der Waals surface area contributed by atoms with Gasteiger partial charge in [-0.3, -0.25) is 4.79 Å². The summed E-state index contributed by atoms with van der Waals surface area (Å²) in [4.78, 5) is 18.8. The molecule has 0 aliphatic heterocycles. The van der Waals surface area contributed by atoms with Crippen LogP contribution in [0.15, 0.2) is 6.20 Å². The number of hydrogen-bond donors (Lipinski definition) is 2. The highest BCUT2D eigenvalue weighted by molar-refractivity contribution is 6.28. The molecule has 6 heteroatoms. The van der Waals surface area contributed by atoms with Gasteiger partial charge in [0.1, 0.15) is 5.82 Å². The molecule has 0 fully saturated rings. The monoisotopic (exact) mass is 242 g/mol. The van der Waals surface area contributed by atoms with Crippen molar-refractivity contribution in [3.8, 4) is 0 Å². The van der Waals surface area contributed by atoms with Gasteiger partial charge in [-0.05, 0) is 24.4 Å². The van der Waals surface area contributed by atoms with Crippen LogP contribution in [0.1, 0.15) is 31.1 Å². The van der Waals surface area contributed by atoms with Crippen LogP contribution in [-0.4, -0.2) is 21.9 Å². The molecule has 16 heavy (non-hydrogen) atoms. The Morgan fingerprint density at radius 2 is 2.12 bits per heavy atom. The second-order valence-corrected chi connectivity index (χ2v) is 4.28. The second-order valence-electron chi connectivity index (χ2n) is 3.94. The molecule has 3 N–H and O–H groups in total. The van der Waals surface area contributed by atoms with E-state index in [1.807, 2.05) is 6.92 Å². The molecule has 5 nitrogen and oxygen atoms in total. The van der Waals surface area contributed by atoms with Crippen LogP contribution < -0.4 is 11.1 Å². The third-order valence-electron chi connectivity index (χ3n) is 2.39. The van der Waals surface area contributed by atoms with Gasteiger partial charge in [0.15, 0.2) is 0 Å². The highest BCUT2D eigenvalue weighted by Crippen LogP contribution is 2.16. The lowest BCUT2D eigenvalue weighted by Crippen LogP contribution is -2.25. The summed E-state index contributed by atoms with van der Waals surface area (Å²) in [7, 11) is 0. The molecule has 1 atom stereocenters.